The number of amides is 1. The van der Waals surface area contributed by atoms with E-state index in [1.54, 1.807) is 12.1 Å². The summed E-state index contributed by atoms with van der Waals surface area (Å²) in [5.74, 6) is 1.27. The molecule has 4 nitrogen and oxygen atoms in total. The zero-order chi connectivity index (χ0) is 14.7. The van der Waals surface area contributed by atoms with E-state index >= 15 is 0 Å². The SMILES string of the molecule is CCNc1ccc(Cl)c(C(=O)N(CC2CC2)C(C)C)n1. The van der Waals surface area contributed by atoms with Gasteiger partial charge in [-0.15, -0.1) is 0 Å². The molecule has 0 atom stereocenters. The minimum absolute atomic E-state index is 0.0725. The van der Waals surface area contributed by atoms with Crippen LogP contribution in [0.4, 0.5) is 5.82 Å². The molecule has 0 aliphatic heterocycles. The molecule has 0 saturated heterocycles. The highest BCUT2D eigenvalue weighted by molar-refractivity contribution is 6.33. The molecule has 1 aromatic heterocycles. The topological polar surface area (TPSA) is 45.2 Å². The standard InChI is InChI=1S/C15H22ClN3O/c1-4-17-13-8-7-12(16)14(18-13)15(20)19(10(2)3)9-11-5-6-11/h7-8,10-11H,4-6,9H2,1-3H3,(H,17,18). The molecule has 110 valence electrons. The Morgan fingerprint density at radius 1 is 1.50 bits per heavy atom. The molecule has 0 radical (unpaired) electrons. The van der Waals surface area contributed by atoms with E-state index in [1.165, 1.54) is 12.8 Å². The molecule has 0 unspecified atom stereocenters. The lowest BCUT2D eigenvalue weighted by Gasteiger charge is -2.27. The summed E-state index contributed by atoms with van der Waals surface area (Å²) < 4.78 is 0. The van der Waals surface area contributed by atoms with Crippen LogP contribution in [0.2, 0.25) is 5.02 Å². The Labute approximate surface area is 125 Å². The van der Waals surface area contributed by atoms with Crippen molar-refractivity contribution in [2.24, 2.45) is 5.92 Å². The van der Waals surface area contributed by atoms with E-state index in [9.17, 15) is 4.79 Å². The van der Waals surface area contributed by atoms with Crippen molar-refractivity contribution in [3.8, 4) is 0 Å². The number of nitrogens with zero attached hydrogens (tertiary/aromatic N) is 2. The molecular formula is C15H22ClN3O. The van der Waals surface area contributed by atoms with Crippen molar-refractivity contribution in [3.63, 3.8) is 0 Å². The number of halogens is 1. The summed E-state index contributed by atoms with van der Waals surface area (Å²) in [6.45, 7) is 7.62. The average Bonchev–Trinajstić information content (AvgIpc) is 3.21. The predicted octanol–water partition coefficient (Wildman–Crippen LogP) is 3.43. The van der Waals surface area contributed by atoms with Crippen LogP contribution in [0.5, 0.6) is 0 Å². The van der Waals surface area contributed by atoms with Crippen LogP contribution < -0.4 is 5.32 Å². The molecule has 1 amide bonds. The molecular weight excluding hydrogens is 274 g/mol. The maximum atomic E-state index is 12.7. The number of nitrogens with one attached hydrogen (secondary N) is 1. The second-order valence-electron chi connectivity index (χ2n) is 5.55. The van der Waals surface area contributed by atoms with Crippen LogP contribution in [0.25, 0.3) is 0 Å². The Balaban J connectivity index is 2.22. The van der Waals surface area contributed by atoms with Gasteiger partial charge in [-0.3, -0.25) is 4.79 Å². The molecule has 1 saturated carbocycles. The van der Waals surface area contributed by atoms with Gasteiger partial charge in [0, 0.05) is 19.1 Å². The van der Waals surface area contributed by atoms with Gasteiger partial charge in [-0.2, -0.15) is 0 Å². The van der Waals surface area contributed by atoms with Gasteiger partial charge < -0.3 is 10.2 Å². The summed E-state index contributed by atoms with van der Waals surface area (Å²) in [7, 11) is 0. The van der Waals surface area contributed by atoms with E-state index in [-0.39, 0.29) is 11.9 Å². The number of carbonyl (C=O) groups is 1. The first kappa shape index (κ1) is 15.1. The molecule has 0 aromatic carbocycles. The van der Waals surface area contributed by atoms with Crippen molar-refractivity contribution < 1.29 is 4.79 Å². The Morgan fingerprint density at radius 3 is 2.75 bits per heavy atom. The van der Waals surface area contributed by atoms with Crippen LogP contribution in [0, 0.1) is 5.92 Å². The molecule has 1 fully saturated rings. The number of aromatic nitrogens is 1. The van der Waals surface area contributed by atoms with Gasteiger partial charge in [-0.1, -0.05) is 11.6 Å². The van der Waals surface area contributed by atoms with Gasteiger partial charge >= 0.3 is 0 Å². The summed E-state index contributed by atoms with van der Waals surface area (Å²) in [5.41, 5.74) is 0.347. The van der Waals surface area contributed by atoms with Crippen molar-refractivity contribution in [1.29, 1.82) is 0 Å². The number of carbonyl (C=O) groups excluding carboxylic acids is 1. The fraction of sp³-hybridized carbons (Fsp3) is 0.600. The number of hydrogen-bond acceptors (Lipinski definition) is 3. The van der Waals surface area contributed by atoms with Gasteiger partial charge in [0.1, 0.15) is 11.5 Å². The monoisotopic (exact) mass is 295 g/mol. The van der Waals surface area contributed by atoms with Gasteiger partial charge in [0.2, 0.25) is 0 Å². The number of rotatable bonds is 6. The molecule has 20 heavy (non-hydrogen) atoms. The minimum atomic E-state index is -0.0725. The van der Waals surface area contributed by atoms with Crippen LogP contribution in [-0.4, -0.2) is 34.9 Å². The highest BCUT2D eigenvalue weighted by atomic mass is 35.5. The smallest absolute Gasteiger partial charge is 0.274 e. The van der Waals surface area contributed by atoms with Gasteiger partial charge in [0.25, 0.3) is 5.91 Å². The van der Waals surface area contributed by atoms with E-state index in [0.717, 1.165) is 13.1 Å². The van der Waals surface area contributed by atoms with Gasteiger partial charge in [-0.05, 0) is 51.7 Å². The Kier molecular flexibility index (Phi) is 4.86. The first-order chi connectivity index (χ1) is 9.52. The third-order valence-electron chi connectivity index (χ3n) is 3.44. The summed E-state index contributed by atoms with van der Waals surface area (Å²) in [5, 5.41) is 3.53. The molecule has 1 aliphatic rings. The second kappa shape index (κ2) is 6.44. The first-order valence-electron chi connectivity index (χ1n) is 7.24. The number of anilines is 1. The van der Waals surface area contributed by atoms with Crippen LogP contribution >= 0.6 is 11.6 Å². The van der Waals surface area contributed by atoms with Gasteiger partial charge in [0.05, 0.1) is 5.02 Å². The number of hydrogen-bond donors (Lipinski definition) is 1. The molecule has 5 heteroatoms. The molecule has 1 heterocycles. The lowest BCUT2D eigenvalue weighted by Crippen LogP contribution is -2.39. The summed E-state index contributed by atoms with van der Waals surface area (Å²) in [6, 6.07) is 3.68. The molecule has 1 aromatic rings. The fourth-order valence-corrected chi connectivity index (χ4v) is 2.30. The van der Waals surface area contributed by atoms with E-state index in [4.69, 9.17) is 11.6 Å². The lowest BCUT2D eigenvalue weighted by atomic mass is 10.2. The molecule has 1 aliphatic carbocycles. The summed E-state index contributed by atoms with van der Waals surface area (Å²) in [4.78, 5) is 18.9. The van der Waals surface area contributed by atoms with E-state index in [0.29, 0.717) is 22.5 Å². The average molecular weight is 296 g/mol. The summed E-state index contributed by atoms with van der Waals surface area (Å²) in [6.07, 6.45) is 2.43. The first-order valence-corrected chi connectivity index (χ1v) is 7.62. The quantitative estimate of drug-likeness (QED) is 0.874. The van der Waals surface area contributed by atoms with E-state index in [2.05, 4.69) is 10.3 Å². The molecule has 0 spiro atoms. The highest BCUT2D eigenvalue weighted by Gasteiger charge is 2.30. The fourth-order valence-electron chi connectivity index (χ4n) is 2.11. The minimum Gasteiger partial charge on any atom is -0.370 e. The van der Waals surface area contributed by atoms with Crippen LogP contribution in [0.3, 0.4) is 0 Å². The molecule has 0 bridgehead atoms. The van der Waals surface area contributed by atoms with Crippen LogP contribution in [0.1, 0.15) is 44.1 Å². The Morgan fingerprint density at radius 2 is 2.20 bits per heavy atom. The van der Waals surface area contributed by atoms with Crippen molar-refractivity contribution in [3.05, 3.63) is 22.8 Å². The normalized spacial score (nSPS) is 14.4. The van der Waals surface area contributed by atoms with E-state index < -0.39 is 0 Å². The summed E-state index contributed by atoms with van der Waals surface area (Å²) >= 11 is 6.15. The third-order valence-corrected chi connectivity index (χ3v) is 3.75. The van der Waals surface area contributed by atoms with Gasteiger partial charge in [-0.25, -0.2) is 4.98 Å². The zero-order valence-corrected chi connectivity index (χ0v) is 13.1. The van der Waals surface area contributed by atoms with E-state index in [1.807, 2.05) is 25.7 Å². The maximum Gasteiger partial charge on any atom is 0.274 e. The van der Waals surface area contributed by atoms with Crippen molar-refractivity contribution >= 4 is 23.3 Å². The van der Waals surface area contributed by atoms with Crippen molar-refractivity contribution in [1.82, 2.24) is 9.88 Å². The Bertz CT molecular complexity index is 486. The van der Waals surface area contributed by atoms with Gasteiger partial charge in [0.15, 0.2) is 0 Å². The van der Waals surface area contributed by atoms with Crippen LogP contribution in [-0.2, 0) is 0 Å². The zero-order valence-electron chi connectivity index (χ0n) is 12.3. The molecule has 1 N–H and O–H groups in total. The Hall–Kier alpha value is -1.29. The second-order valence-corrected chi connectivity index (χ2v) is 5.96. The van der Waals surface area contributed by atoms with Crippen molar-refractivity contribution in [2.75, 3.05) is 18.4 Å². The maximum absolute atomic E-state index is 12.7. The third kappa shape index (κ3) is 3.63. The number of pyridine rings is 1. The van der Waals surface area contributed by atoms with Crippen molar-refractivity contribution in [2.45, 2.75) is 39.7 Å². The lowest BCUT2D eigenvalue weighted by molar-refractivity contribution is 0.0690. The van der Waals surface area contributed by atoms with Crippen LogP contribution in [0.15, 0.2) is 12.1 Å². The predicted molar refractivity (Wildman–Crippen MR) is 82.3 cm³/mol. The molecule has 2 rings (SSSR count). The largest absolute Gasteiger partial charge is 0.370 e. The highest BCUT2D eigenvalue weighted by Crippen LogP contribution is 2.31.